The fourth-order valence-electron chi connectivity index (χ4n) is 5.66. The maximum absolute atomic E-state index is 13.5. The monoisotopic (exact) mass is 573 g/mol. The van der Waals surface area contributed by atoms with E-state index in [0.29, 0.717) is 34.4 Å². The Morgan fingerprint density at radius 2 is 1.90 bits per heavy atom. The van der Waals surface area contributed by atoms with E-state index in [1.165, 1.54) is 23.5 Å². The number of ether oxygens (including phenoxy) is 1. The summed E-state index contributed by atoms with van der Waals surface area (Å²) in [6.07, 6.45) is 2.46. The highest BCUT2D eigenvalue weighted by atomic mass is 32.1. The van der Waals surface area contributed by atoms with Crippen LogP contribution in [0.1, 0.15) is 38.3 Å². The zero-order valence-corrected chi connectivity index (χ0v) is 24.6. The summed E-state index contributed by atoms with van der Waals surface area (Å²) < 4.78 is 20.9. The molecule has 0 bridgehead atoms. The van der Waals surface area contributed by atoms with Crippen LogP contribution in [0.15, 0.2) is 42.6 Å². The molecule has 1 spiro atoms. The molecule has 0 aliphatic carbocycles. The molecule has 41 heavy (non-hydrogen) atoms. The lowest BCUT2D eigenvalue weighted by atomic mass is 9.73. The average Bonchev–Trinajstić information content (AvgIpc) is 3.47. The fraction of sp³-hybridized carbons (Fsp3) is 0.400. The SMILES string of the molecule is CCc1nn2ccc(N3CC4(CN(C(=O)OC(C)(C)C)C4)C3)cc2c1N(C)c1nc(-c2ccc(F)cc2)c(C#N)s1. The Hall–Kier alpha value is -4.17. The number of pyridine rings is 1. The number of thiazole rings is 1. The molecular weight excluding hydrogens is 541 g/mol. The molecule has 11 heteroatoms. The molecule has 1 amide bonds. The Balaban J connectivity index is 1.24. The van der Waals surface area contributed by atoms with E-state index in [1.54, 1.807) is 17.0 Å². The number of halogens is 1. The summed E-state index contributed by atoms with van der Waals surface area (Å²) in [5, 5.41) is 15.3. The Morgan fingerprint density at radius 1 is 1.20 bits per heavy atom. The Labute approximate surface area is 242 Å². The standard InChI is InChI=1S/C30H32FN7O2S/c1-6-22-26(35(5)27-33-25(24(14-32)41-27)19-7-9-20(31)10-8-19)23-13-21(11-12-38(23)34-22)36-15-30(16-36)17-37(18-30)28(39)40-29(2,3)4/h7-13H,6,15-18H2,1-5H3. The van der Waals surface area contributed by atoms with Crippen molar-refractivity contribution in [2.75, 3.05) is 43.0 Å². The highest BCUT2D eigenvalue weighted by Crippen LogP contribution is 2.44. The van der Waals surface area contributed by atoms with Gasteiger partial charge in [-0.2, -0.15) is 10.4 Å². The smallest absolute Gasteiger partial charge is 0.410 e. The second-order valence-corrected chi connectivity index (χ2v) is 12.9. The summed E-state index contributed by atoms with van der Waals surface area (Å²) in [7, 11) is 1.94. The topological polar surface area (TPSA) is 90.0 Å². The number of carbonyl (C=O) groups is 1. The van der Waals surface area contributed by atoms with Crippen molar-refractivity contribution in [3.05, 3.63) is 59.0 Å². The molecule has 4 aromatic rings. The Morgan fingerprint density at radius 3 is 2.54 bits per heavy atom. The third-order valence-electron chi connectivity index (χ3n) is 7.58. The zero-order chi connectivity index (χ0) is 29.1. The van der Waals surface area contributed by atoms with Crippen LogP contribution in [0.5, 0.6) is 0 Å². The number of anilines is 3. The van der Waals surface area contributed by atoms with Crippen LogP contribution in [0.3, 0.4) is 0 Å². The molecule has 0 radical (unpaired) electrons. The van der Waals surface area contributed by atoms with Crippen LogP contribution in [0.4, 0.5) is 25.7 Å². The number of hydrogen-bond donors (Lipinski definition) is 0. The third kappa shape index (κ3) is 4.86. The first-order valence-electron chi connectivity index (χ1n) is 13.6. The zero-order valence-electron chi connectivity index (χ0n) is 23.8. The van der Waals surface area contributed by atoms with Crippen molar-refractivity contribution < 1.29 is 13.9 Å². The van der Waals surface area contributed by atoms with Gasteiger partial charge in [-0.1, -0.05) is 18.3 Å². The van der Waals surface area contributed by atoms with E-state index in [2.05, 4.69) is 30.0 Å². The van der Waals surface area contributed by atoms with E-state index in [-0.39, 0.29) is 17.3 Å². The van der Waals surface area contributed by atoms with Gasteiger partial charge in [-0.3, -0.25) is 0 Å². The number of aromatic nitrogens is 3. The van der Waals surface area contributed by atoms with Crippen molar-refractivity contribution in [3.63, 3.8) is 0 Å². The average molecular weight is 574 g/mol. The molecular formula is C30H32FN7O2S. The highest BCUT2D eigenvalue weighted by Gasteiger charge is 2.54. The lowest BCUT2D eigenvalue weighted by molar-refractivity contribution is -0.0452. The molecule has 0 saturated carbocycles. The summed E-state index contributed by atoms with van der Waals surface area (Å²) in [5.74, 6) is -0.333. The molecule has 1 aromatic carbocycles. The van der Waals surface area contributed by atoms with Gasteiger partial charge in [0, 0.05) is 56.1 Å². The van der Waals surface area contributed by atoms with Gasteiger partial charge in [0.1, 0.15) is 28.1 Å². The summed E-state index contributed by atoms with van der Waals surface area (Å²) >= 11 is 1.30. The molecule has 3 aromatic heterocycles. The minimum absolute atomic E-state index is 0.114. The van der Waals surface area contributed by atoms with Crippen LogP contribution in [-0.2, 0) is 11.2 Å². The number of amides is 1. The molecule has 2 aliphatic rings. The lowest BCUT2D eigenvalue weighted by Crippen LogP contribution is -2.73. The van der Waals surface area contributed by atoms with E-state index >= 15 is 0 Å². The van der Waals surface area contributed by atoms with Crippen LogP contribution in [-0.4, -0.2) is 64.4 Å². The highest BCUT2D eigenvalue weighted by molar-refractivity contribution is 7.16. The number of likely N-dealkylation sites (tertiary alicyclic amines) is 1. The summed E-state index contributed by atoms with van der Waals surface area (Å²) in [4.78, 5) is 23.8. The summed E-state index contributed by atoms with van der Waals surface area (Å²) in [5.41, 5.74) is 4.77. The van der Waals surface area contributed by atoms with Gasteiger partial charge in [-0.15, -0.1) is 0 Å². The second-order valence-electron chi connectivity index (χ2n) is 11.9. The quantitative estimate of drug-likeness (QED) is 0.296. The van der Waals surface area contributed by atoms with Crippen molar-refractivity contribution in [1.82, 2.24) is 19.5 Å². The molecule has 6 rings (SSSR count). The fourth-order valence-corrected chi connectivity index (χ4v) is 6.52. The number of fused-ring (bicyclic) bond motifs is 1. The van der Waals surface area contributed by atoms with E-state index in [0.717, 1.165) is 42.1 Å². The number of nitrogens with zero attached hydrogens (tertiary/aromatic N) is 7. The number of hydrogen-bond acceptors (Lipinski definition) is 8. The van der Waals surface area contributed by atoms with Crippen LogP contribution in [0.2, 0.25) is 0 Å². The van der Waals surface area contributed by atoms with Crippen LogP contribution in [0.25, 0.3) is 16.8 Å². The van der Waals surface area contributed by atoms with Gasteiger partial charge in [-0.25, -0.2) is 18.7 Å². The number of rotatable bonds is 5. The Kier molecular flexibility index (Phi) is 6.41. The van der Waals surface area contributed by atoms with Gasteiger partial charge in [0.2, 0.25) is 0 Å². The molecule has 5 heterocycles. The normalized spacial score (nSPS) is 15.9. The van der Waals surface area contributed by atoms with Crippen molar-refractivity contribution in [3.8, 4) is 17.3 Å². The van der Waals surface area contributed by atoms with Gasteiger partial charge in [-0.05, 0) is 63.6 Å². The molecule has 2 saturated heterocycles. The summed E-state index contributed by atoms with van der Waals surface area (Å²) in [6.45, 7) is 10.9. The number of benzene rings is 1. The number of nitriles is 1. The van der Waals surface area contributed by atoms with Crippen molar-refractivity contribution >= 4 is 39.5 Å². The predicted octanol–water partition coefficient (Wildman–Crippen LogP) is 5.86. The molecule has 9 nitrogen and oxygen atoms in total. The van der Waals surface area contributed by atoms with Crippen molar-refractivity contribution in [2.24, 2.45) is 5.41 Å². The number of carbonyl (C=O) groups excluding carboxylic acids is 1. The van der Waals surface area contributed by atoms with Gasteiger partial charge < -0.3 is 19.4 Å². The molecule has 0 unspecified atom stereocenters. The first-order valence-corrected chi connectivity index (χ1v) is 14.5. The van der Waals surface area contributed by atoms with Crippen molar-refractivity contribution in [1.29, 1.82) is 5.26 Å². The maximum Gasteiger partial charge on any atom is 0.410 e. The second kappa shape index (κ2) is 9.73. The minimum Gasteiger partial charge on any atom is -0.444 e. The third-order valence-corrected chi connectivity index (χ3v) is 8.61. The first kappa shape index (κ1) is 27.0. The maximum atomic E-state index is 13.5. The van der Waals surface area contributed by atoms with E-state index < -0.39 is 5.60 Å². The van der Waals surface area contributed by atoms with Crippen LogP contribution in [0, 0.1) is 22.6 Å². The van der Waals surface area contributed by atoms with Crippen molar-refractivity contribution in [2.45, 2.75) is 39.7 Å². The first-order chi connectivity index (χ1) is 19.5. The van der Waals surface area contributed by atoms with Gasteiger partial charge in [0.15, 0.2) is 5.13 Å². The van der Waals surface area contributed by atoms with Crippen LogP contribution < -0.4 is 9.80 Å². The minimum atomic E-state index is -0.494. The van der Waals surface area contributed by atoms with E-state index in [4.69, 9.17) is 14.8 Å². The lowest BCUT2D eigenvalue weighted by Gasteiger charge is -2.60. The van der Waals surface area contributed by atoms with Gasteiger partial charge in [0.25, 0.3) is 0 Å². The number of aryl methyl sites for hydroxylation is 1. The molecule has 2 fully saturated rings. The largest absolute Gasteiger partial charge is 0.444 e. The summed E-state index contributed by atoms with van der Waals surface area (Å²) in [6, 6.07) is 12.5. The van der Waals surface area contributed by atoms with Gasteiger partial charge in [0.05, 0.1) is 16.9 Å². The molecule has 212 valence electrons. The molecule has 2 aliphatic heterocycles. The Bertz CT molecular complexity index is 1670. The van der Waals surface area contributed by atoms with E-state index in [9.17, 15) is 14.4 Å². The predicted molar refractivity (Wildman–Crippen MR) is 157 cm³/mol. The van der Waals surface area contributed by atoms with Gasteiger partial charge >= 0.3 is 6.09 Å². The van der Waals surface area contributed by atoms with E-state index in [1.807, 2.05) is 43.4 Å². The molecule has 0 N–H and O–H groups in total. The molecule has 0 atom stereocenters. The van der Waals surface area contributed by atoms with Crippen LogP contribution >= 0.6 is 11.3 Å².